The van der Waals surface area contributed by atoms with Crippen molar-refractivity contribution in [1.82, 2.24) is 0 Å². The Balaban J connectivity index is 3.19. The molecular weight excluding hydrogens is 223 g/mol. The molecule has 0 atom stereocenters. The number of alkyl halides is 3. The van der Waals surface area contributed by atoms with Gasteiger partial charge in [0.1, 0.15) is 0 Å². The van der Waals surface area contributed by atoms with Crippen LogP contribution in [0.2, 0.25) is 0 Å². The van der Waals surface area contributed by atoms with Crippen molar-refractivity contribution in [3.05, 3.63) is 29.3 Å². The molecule has 0 saturated heterocycles. The minimum absolute atomic E-state index is 0.0779. The molecule has 16 heavy (non-hydrogen) atoms. The van der Waals surface area contributed by atoms with E-state index in [0.29, 0.717) is 0 Å². The lowest BCUT2D eigenvalue weighted by Crippen LogP contribution is -2.14. The lowest BCUT2D eigenvalue weighted by atomic mass is 10.1. The zero-order chi connectivity index (χ0) is 12.3. The van der Waals surface area contributed by atoms with Gasteiger partial charge >= 0.3 is 12.1 Å². The Kier molecular flexibility index (Phi) is 3.41. The molecule has 2 N–H and O–H groups in total. The summed E-state index contributed by atoms with van der Waals surface area (Å²) in [7, 11) is 0. The molecule has 3 nitrogen and oxygen atoms in total. The van der Waals surface area contributed by atoms with Gasteiger partial charge in [-0.15, -0.1) is 0 Å². The number of rotatable bonds is 2. The van der Waals surface area contributed by atoms with E-state index in [1.54, 1.807) is 6.92 Å². The first-order chi connectivity index (χ1) is 7.38. The summed E-state index contributed by atoms with van der Waals surface area (Å²) in [4.78, 5) is 11.3. The van der Waals surface area contributed by atoms with E-state index in [4.69, 9.17) is 5.73 Å². The number of halogens is 3. The minimum Gasteiger partial charge on any atom is -0.462 e. The van der Waals surface area contributed by atoms with Crippen LogP contribution in [0.1, 0.15) is 22.8 Å². The Bertz CT molecular complexity index is 402. The fraction of sp³-hybridized carbons (Fsp3) is 0.300. The molecule has 0 aliphatic rings. The molecule has 88 valence electrons. The average Bonchev–Trinajstić information content (AvgIpc) is 2.16. The number of para-hydroxylation sites is 1. The van der Waals surface area contributed by atoms with Crippen molar-refractivity contribution in [3.63, 3.8) is 0 Å². The first kappa shape index (κ1) is 12.4. The zero-order valence-electron chi connectivity index (χ0n) is 8.47. The first-order valence-corrected chi connectivity index (χ1v) is 4.50. The van der Waals surface area contributed by atoms with Gasteiger partial charge in [0.15, 0.2) is 0 Å². The van der Waals surface area contributed by atoms with Gasteiger partial charge < -0.3 is 10.5 Å². The van der Waals surface area contributed by atoms with E-state index in [0.717, 1.165) is 12.1 Å². The molecule has 0 fully saturated rings. The van der Waals surface area contributed by atoms with E-state index < -0.39 is 23.4 Å². The summed E-state index contributed by atoms with van der Waals surface area (Å²) in [6.45, 7) is 1.64. The summed E-state index contributed by atoms with van der Waals surface area (Å²) < 4.78 is 41.9. The van der Waals surface area contributed by atoms with Gasteiger partial charge in [-0.1, -0.05) is 6.07 Å². The van der Waals surface area contributed by atoms with Gasteiger partial charge in [-0.25, -0.2) is 4.79 Å². The highest BCUT2D eigenvalue weighted by molar-refractivity contribution is 5.95. The molecular formula is C10H10F3NO2. The minimum atomic E-state index is -4.58. The van der Waals surface area contributed by atoms with E-state index in [1.807, 2.05) is 0 Å². The van der Waals surface area contributed by atoms with Gasteiger partial charge in [-0.2, -0.15) is 13.2 Å². The van der Waals surface area contributed by atoms with Crippen molar-refractivity contribution >= 4 is 11.7 Å². The van der Waals surface area contributed by atoms with Crippen LogP contribution in [0.4, 0.5) is 18.9 Å². The Morgan fingerprint density at radius 2 is 2.06 bits per heavy atom. The van der Waals surface area contributed by atoms with Crippen molar-refractivity contribution in [3.8, 4) is 0 Å². The third-order valence-electron chi connectivity index (χ3n) is 1.91. The number of ether oxygens (including phenoxy) is 1. The topological polar surface area (TPSA) is 52.3 Å². The van der Waals surface area contributed by atoms with Crippen molar-refractivity contribution in [1.29, 1.82) is 0 Å². The molecule has 1 rings (SSSR count). The summed E-state index contributed by atoms with van der Waals surface area (Å²) in [5.74, 6) is -0.855. The molecule has 0 bridgehead atoms. The molecule has 0 aromatic heterocycles. The van der Waals surface area contributed by atoms with Gasteiger partial charge in [-0.05, 0) is 19.1 Å². The molecule has 0 aliphatic heterocycles. The number of carbonyl (C=O) groups is 1. The van der Waals surface area contributed by atoms with Gasteiger partial charge in [0.05, 0.1) is 23.4 Å². The van der Waals surface area contributed by atoms with Crippen LogP contribution in [0.3, 0.4) is 0 Å². The number of hydrogen-bond acceptors (Lipinski definition) is 3. The van der Waals surface area contributed by atoms with Crippen molar-refractivity contribution in [2.24, 2.45) is 0 Å². The monoisotopic (exact) mass is 233 g/mol. The molecule has 0 saturated carbocycles. The molecule has 6 heteroatoms. The highest BCUT2D eigenvalue weighted by atomic mass is 19.4. The quantitative estimate of drug-likeness (QED) is 0.630. The molecule has 0 amide bonds. The second kappa shape index (κ2) is 4.42. The molecule has 0 heterocycles. The number of nitrogens with two attached hydrogens (primary N) is 1. The fourth-order valence-electron chi connectivity index (χ4n) is 1.20. The lowest BCUT2D eigenvalue weighted by Gasteiger charge is -2.12. The Morgan fingerprint density at radius 3 is 2.56 bits per heavy atom. The predicted octanol–water partition coefficient (Wildman–Crippen LogP) is 2.46. The molecule has 1 aromatic carbocycles. The maximum Gasteiger partial charge on any atom is 0.418 e. The highest BCUT2D eigenvalue weighted by Crippen LogP contribution is 2.35. The molecule has 0 radical (unpaired) electrons. The van der Waals surface area contributed by atoms with Crippen molar-refractivity contribution in [2.45, 2.75) is 13.1 Å². The number of esters is 1. The summed E-state index contributed by atoms with van der Waals surface area (Å²) in [6.07, 6.45) is -4.58. The Morgan fingerprint density at radius 1 is 1.44 bits per heavy atom. The smallest absolute Gasteiger partial charge is 0.418 e. The van der Waals surface area contributed by atoms with Gasteiger partial charge in [-0.3, -0.25) is 0 Å². The van der Waals surface area contributed by atoms with Crippen LogP contribution < -0.4 is 5.73 Å². The largest absolute Gasteiger partial charge is 0.462 e. The van der Waals surface area contributed by atoms with Crippen molar-refractivity contribution < 1.29 is 22.7 Å². The van der Waals surface area contributed by atoms with Crippen LogP contribution >= 0.6 is 0 Å². The number of hydrogen-bond donors (Lipinski definition) is 1. The third kappa shape index (κ3) is 2.44. The van der Waals surface area contributed by atoms with Crippen LogP contribution in [0, 0.1) is 0 Å². The second-order valence-electron chi connectivity index (χ2n) is 2.99. The molecule has 0 unspecified atom stereocenters. The second-order valence-corrected chi connectivity index (χ2v) is 2.99. The SMILES string of the molecule is CCOC(=O)c1cccc(C(F)(F)F)c1N. The van der Waals surface area contributed by atoms with Crippen LogP contribution in [-0.4, -0.2) is 12.6 Å². The van der Waals surface area contributed by atoms with E-state index in [9.17, 15) is 18.0 Å². The predicted molar refractivity (Wildman–Crippen MR) is 51.8 cm³/mol. The van der Waals surface area contributed by atoms with Crippen LogP contribution in [0.15, 0.2) is 18.2 Å². The van der Waals surface area contributed by atoms with Gasteiger partial charge in [0.2, 0.25) is 0 Å². The van der Waals surface area contributed by atoms with E-state index in [-0.39, 0.29) is 12.2 Å². The normalized spacial score (nSPS) is 11.2. The molecule has 0 aliphatic carbocycles. The maximum atomic E-state index is 12.4. The summed E-state index contributed by atoms with van der Waals surface area (Å²) in [5.41, 5.74) is 3.38. The number of carbonyl (C=O) groups excluding carboxylic acids is 1. The van der Waals surface area contributed by atoms with Crippen LogP contribution in [-0.2, 0) is 10.9 Å². The zero-order valence-corrected chi connectivity index (χ0v) is 8.47. The van der Waals surface area contributed by atoms with E-state index >= 15 is 0 Å². The van der Waals surface area contributed by atoms with E-state index in [2.05, 4.69) is 4.74 Å². The fourth-order valence-corrected chi connectivity index (χ4v) is 1.20. The summed E-state index contributed by atoms with van der Waals surface area (Å²) in [5, 5.41) is 0. The standard InChI is InChI=1S/C10H10F3NO2/c1-2-16-9(15)6-4-3-5-7(8(6)14)10(11,12)13/h3-5H,2,14H2,1H3. The van der Waals surface area contributed by atoms with Gasteiger partial charge in [0, 0.05) is 0 Å². The van der Waals surface area contributed by atoms with E-state index in [1.165, 1.54) is 6.07 Å². The molecule has 1 aromatic rings. The van der Waals surface area contributed by atoms with Crippen LogP contribution in [0.5, 0.6) is 0 Å². The third-order valence-corrected chi connectivity index (χ3v) is 1.91. The van der Waals surface area contributed by atoms with Crippen LogP contribution in [0.25, 0.3) is 0 Å². The van der Waals surface area contributed by atoms with Gasteiger partial charge in [0.25, 0.3) is 0 Å². The summed E-state index contributed by atoms with van der Waals surface area (Å²) in [6, 6.07) is 3.13. The number of anilines is 1. The Labute approximate surface area is 90.0 Å². The lowest BCUT2D eigenvalue weighted by molar-refractivity contribution is -0.136. The summed E-state index contributed by atoms with van der Waals surface area (Å²) >= 11 is 0. The van der Waals surface area contributed by atoms with Crippen molar-refractivity contribution in [2.75, 3.05) is 12.3 Å². The number of nitrogen functional groups attached to an aromatic ring is 1. The Hall–Kier alpha value is -1.72. The average molecular weight is 233 g/mol. The molecule has 0 spiro atoms. The first-order valence-electron chi connectivity index (χ1n) is 4.50. The maximum absolute atomic E-state index is 12.4. The highest BCUT2D eigenvalue weighted by Gasteiger charge is 2.34. The number of benzene rings is 1.